The van der Waals surface area contributed by atoms with Gasteiger partial charge in [0.25, 0.3) is 0 Å². The molecule has 0 aliphatic carbocycles. The summed E-state index contributed by atoms with van der Waals surface area (Å²) in [5.74, 6) is -0.767. The second-order valence-electron chi connectivity index (χ2n) is 4.46. The van der Waals surface area contributed by atoms with E-state index in [1.165, 1.54) is 28.5 Å². The Morgan fingerprint density at radius 3 is 2.61 bits per heavy atom. The van der Waals surface area contributed by atoms with Gasteiger partial charge in [0, 0.05) is 26.3 Å². The Labute approximate surface area is 110 Å². The summed E-state index contributed by atoms with van der Waals surface area (Å²) in [6, 6.07) is -0.460. The molecule has 0 spiro atoms. The molecule has 0 aromatic heterocycles. The van der Waals surface area contributed by atoms with Crippen LogP contribution in [0.3, 0.4) is 0 Å². The van der Waals surface area contributed by atoms with Crippen LogP contribution in [-0.2, 0) is 14.4 Å². The van der Waals surface area contributed by atoms with Crippen molar-refractivity contribution in [3.8, 4) is 0 Å². The third-order valence-corrected chi connectivity index (χ3v) is 3.93. The molecule has 0 saturated carbocycles. The van der Waals surface area contributed by atoms with Crippen molar-refractivity contribution in [2.75, 3.05) is 25.2 Å². The Balaban J connectivity index is 2.63. The summed E-state index contributed by atoms with van der Waals surface area (Å²) in [4.78, 5) is 37.2. The zero-order valence-corrected chi connectivity index (χ0v) is 11.6. The van der Waals surface area contributed by atoms with Gasteiger partial charge < -0.3 is 14.9 Å². The predicted octanol–water partition coefficient (Wildman–Crippen LogP) is 0.0869. The van der Waals surface area contributed by atoms with Gasteiger partial charge in [-0.1, -0.05) is 6.92 Å². The molecule has 7 heteroatoms. The van der Waals surface area contributed by atoms with Crippen molar-refractivity contribution in [1.29, 1.82) is 0 Å². The number of carboxylic acid groups (broad SMARTS) is 1. The first-order valence-corrected chi connectivity index (χ1v) is 6.82. The topological polar surface area (TPSA) is 77.9 Å². The summed E-state index contributed by atoms with van der Waals surface area (Å²) < 4.78 is 0. The molecular weight excluding hydrogens is 256 g/mol. The van der Waals surface area contributed by atoms with Crippen LogP contribution >= 0.6 is 11.8 Å². The monoisotopic (exact) mass is 274 g/mol. The van der Waals surface area contributed by atoms with E-state index in [4.69, 9.17) is 5.11 Å². The van der Waals surface area contributed by atoms with Gasteiger partial charge in [-0.05, 0) is 0 Å². The van der Waals surface area contributed by atoms with Crippen molar-refractivity contribution in [2.24, 2.45) is 5.92 Å². The van der Waals surface area contributed by atoms with Crippen molar-refractivity contribution >= 4 is 29.5 Å². The quantitative estimate of drug-likeness (QED) is 0.786. The van der Waals surface area contributed by atoms with Crippen LogP contribution in [0, 0.1) is 5.92 Å². The molecule has 1 N–H and O–H groups in total. The lowest BCUT2D eigenvalue weighted by Crippen LogP contribution is -2.48. The molecule has 1 aliphatic heterocycles. The predicted molar refractivity (Wildman–Crippen MR) is 68.1 cm³/mol. The summed E-state index contributed by atoms with van der Waals surface area (Å²) in [6.07, 6.45) is 0. The molecule has 1 rings (SSSR count). The van der Waals surface area contributed by atoms with Gasteiger partial charge in [0.05, 0.1) is 11.8 Å². The summed E-state index contributed by atoms with van der Waals surface area (Å²) in [7, 11) is 1.57. The van der Waals surface area contributed by atoms with Gasteiger partial charge in [-0.15, -0.1) is 11.8 Å². The van der Waals surface area contributed by atoms with Crippen molar-refractivity contribution in [3.63, 3.8) is 0 Å². The smallest absolute Gasteiger partial charge is 0.308 e. The van der Waals surface area contributed by atoms with E-state index < -0.39 is 17.9 Å². The van der Waals surface area contributed by atoms with E-state index in [0.717, 1.165) is 0 Å². The Bertz CT molecular complexity index is 361. The number of carbonyl (C=O) groups is 3. The zero-order chi connectivity index (χ0) is 13.9. The first kappa shape index (κ1) is 14.8. The van der Waals surface area contributed by atoms with Crippen molar-refractivity contribution in [2.45, 2.75) is 19.9 Å². The van der Waals surface area contributed by atoms with Crippen LogP contribution in [0.1, 0.15) is 13.8 Å². The minimum Gasteiger partial charge on any atom is -0.481 e. The second kappa shape index (κ2) is 6.08. The van der Waals surface area contributed by atoms with Crippen LogP contribution in [0.5, 0.6) is 0 Å². The highest BCUT2D eigenvalue weighted by molar-refractivity contribution is 7.99. The number of carbonyl (C=O) groups excluding carboxylic acids is 2. The van der Waals surface area contributed by atoms with E-state index in [1.54, 1.807) is 14.0 Å². The van der Waals surface area contributed by atoms with Gasteiger partial charge in [0.2, 0.25) is 11.8 Å². The largest absolute Gasteiger partial charge is 0.481 e. The van der Waals surface area contributed by atoms with E-state index in [9.17, 15) is 14.4 Å². The molecule has 6 nitrogen and oxygen atoms in total. The zero-order valence-electron chi connectivity index (χ0n) is 10.8. The molecular formula is C11H18N2O4S. The average Bonchev–Trinajstić information content (AvgIpc) is 2.76. The molecule has 2 amide bonds. The van der Waals surface area contributed by atoms with E-state index in [-0.39, 0.29) is 18.4 Å². The lowest BCUT2D eigenvalue weighted by molar-refractivity contribution is -0.145. The second-order valence-corrected chi connectivity index (χ2v) is 5.46. The first-order chi connectivity index (χ1) is 8.34. The Hall–Kier alpha value is -1.24. The van der Waals surface area contributed by atoms with Crippen LogP contribution in [0.4, 0.5) is 0 Å². The van der Waals surface area contributed by atoms with Gasteiger partial charge in [-0.25, -0.2) is 0 Å². The summed E-state index contributed by atoms with van der Waals surface area (Å²) in [6.45, 7) is 3.14. The number of nitrogens with zero attached hydrogens (tertiary/aromatic N) is 2. The number of carboxylic acids is 1. The molecule has 1 aliphatic rings. The molecule has 0 unspecified atom stereocenters. The molecule has 102 valence electrons. The molecule has 0 radical (unpaired) electrons. The SMILES string of the molecule is CC(=O)N1CSC[C@@H]1C(=O)N(C)C[C@@H](C)C(=O)O. The standard InChI is InChI=1S/C11H18N2O4S/c1-7(11(16)17)4-12(3)10(15)9-5-18-6-13(9)8(2)14/h7,9H,4-6H2,1-3H3,(H,16,17)/t7-,9-/m1/s1. The molecule has 1 heterocycles. The summed E-state index contributed by atoms with van der Waals surface area (Å²) in [5, 5.41) is 8.81. The number of amides is 2. The lowest BCUT2D eigenvalue weighted by Gasteiger charge is -2.27. The van der Waals surface area contributed by atoms with Gasteiger partial charge >= 0.3 is 5.97 Å². The number of aliphatic carboxylic acids is 1. The fourth-order valence-corrected chi connectivity index (χ4v) is 3.00. The fraction of sp³-hybridized carbons (Fsp3) is 0.727. The fourth-order valence-electron chi connectivity index (χ4n) is 1.79. The minimum absolute atomic E-state index is 0.127. The maximum Gasteiger partial charge on any atom is 0.308 e. The maximum atomic E-state index is 12.1. The number of rotatable bonds is 4. The lowest BCUT2D eigenvalue weighted by atomic mass is 10.1. The van der Waals surface area contributed by atoms with Crippen LogP contribution in [0.25, 0.3) is 0 Å². The van der Waals surface area contributed by atoms with Gasteiger partial charge in [-0.2, -0.15) is 0 Å². The van der Waals surface area contributed by atoms with Crippen molar-refractivity contribution in [3.05, 3.63) is 0 Å². The normalized spacial score (nSPS) is 20.6. The molecule has 1 fully saturated rings. The molecule has 0 aromatic carbocycles. The third-order valence-electron chi connectivity index (χ3n) is 2.92. The molecule has 18 heavy (non-hydrogen) atoms. The molecule has 0 aromatic rings. The molecule has 1 saturated heterocycles. The van der Waals surface area contributed by atoms with E-state index >= 15 is 0 Å². The average molecular weight is 274 g/mol. The highest BCUT2D eigenvalue weighted by Gasteiger charge is 2.35. The first-order valence-electron chi connectivity index (χ1n) is 5.67. The van der Waals surface area contributed by atoms with Gasteiger partial charge in [0.15, 0.2) is 0 Å². The third kappa shape index (κ3) is 3.38. The molecule has 0 bridgehead atoms. The van der Waals surface area contributed by atoms with Crippen LogP contribution in [0.15, 0.2) is 0 Å². The van der Waals surface area contributed by atoms with Gasteiger partial charge in [-0.3, -0.25) is 14.4 Å². The maximum absolute atomic E-state index is 12.1. The molecule has 2 atom stereocenters. The number of thioether (sulfide) groups is 1. The number of hydrogen-bond donors (Lipinski definition) is 1. The van der Waals surface area contributed by atoms with Crippen LogP contribution < -0.4 is 0 Å². The Morgan fingerprint density at radius 2 is 2.11 bits per heavy atom. The summed E-state index contributed by atoms with van der Waals surface area (Å²) in [5.41, 5.74) is 0. The minimum atomic E-state index is -0.932. The van der Waals surface area contributed by atoms with Crippen LogP contribution in [0.2, 0.25) is 0 Å². The highest BCUT2D eigenvalue weighted by Crippen LogP contribution is 2.22. The number of likely N-dealkylation sites (N-methyl/N-ethyl adjacent to an activating group) is 1. The summed E-state index contributed by atoms with van der Waals surface area (Å²) >= 11 is 1.53. The van der Waals surface area contributed by atoms with E-state index in [2.05, 4.69) is 0 Å². The van der Waals surface area contributed by atoms with Crippen molar-refractivity contribution < 1.29 is 19.5 Å². The Kier molecular flexibility index (Phi) is 5.01. The van der Waals surface area contributed by atoms with E-state index in [0.29, 0.717) is 11.6 Å². The Morgan fingerprint density at radius 1 is 1.50 bits per heavy atom. The number of hydrogen-bond acceptors (Lipinski definition) is 4. The van der Waals surface area contributed by atoms with Gasteiger partial charge in [0.1, 0.15) is 6.04 Å². The van der Waals surface area contributed by atoms with Crippen LogP contribution in [-0.4, -0.2) is 64.0 Å². The highest BCUT2D eigenvalue weighted by atomic mass is 32.2. The van der Waals surface area contributed by atoms with Crippen molar-refractivity contribution in [1.82, 2.24) is 9.80 Å². The van der Waals surface area contributed by atoms with E-state index in [1.807, 2.05) is 0 Å².